The van der Waals surface area contributed by atoms with Gasteiger partial charge >= 0.3 is 0 Å². The van der Waals surface area contributed by atoms with Crippen molar-refractivity contribution in [3.63, 3.8) is 0 Å². The maximum absolute atomic E-state index is 13.0. The highest BCUT2D eigenvalue weighted by molar-refractivity contribution is 5.98. The van der Waals surface area contributed by atoms with Crippen LogP contribution in [0.5, 0.6) is 0 Å². The van der Waals surface area contributed by atoms with Gasteiger partial charge in [-0.15, -0.1) is 0 Å². The number of hydrogen-bond donors (Lipinski definition) is 1. The molecule has 1 amide bonds. The highest BCUT2D eigenvalue weighted by Crippen LogP contribution is 2.71. The third kappa shape index (κ3) is 2.72. The van der Waals surface area contributed by atoms with Gasteiger partial charge in [0.25, 0.3) is 0 Å². The van der Waals surface area contributed by atoms with Gasteiger partial charge in [0.05, 0.1) is 10.9 Å². The summed E-state index contributed by atoms with van der Waals surface area (Å²) in [6.45, 7) is 2.16. The van der Waals surface area contributed by atoms with Gasteiger partial charge in [0.1, 0.15) is 0 Å². The number of nitrogens with one attached hydrogen (secondary N) is 1. The van der Waals surface area contributed by atoms with Crippen LogP contribution in [0.2, 0.25) is 0 Å². The van der Waals surface area contributed by atoms with Crippen molar-refractivity contribution in [1.82, 2.24) is 4.98 Å². The molecule has 1 atom stereocenters. The van der Waals surface area contributed by atoms with E-state index in [1.165, 1.54) is 10.9 Å². The molecule has 0 saturated heterocycles. The van der Waals surface area contributed by atoms with Gasteiger partial charge in [0.15, 0.2) is 0 Å². The lowest BCUT2D eigenvalue weighted by molar-refractivity contribution is -0.122. The van der Waals surface area contributed by atoms with E-state index >= 15 is 0 Å². The van der Waals surface area contributed by atoms with E-state index < -0.39 is 0 Å². The Morgan fingerprint density at radius 2 is 1.71 bits per heavy atom. The SMILES string of the molecule is C[C@]1(C(=O)Nc2ccccc2)CC12CCC(c1ccnc3ccccc13)CC2. The summed E-state index contributed by atoms with van der Waals surface area (Å²) in [4.78, 5) is 17.5. The molecule has 1 aromatic heterocycles. The Balaban J connectivity index is 1.30. The molecular weight excluding hydrogens is 344 g/mol. The van der Waals surface area contributed by atoms with Crippen molar-refractivity contribution < 1.29 is 4.79 Å². The number of carbonyl (C=O) groups excluding carboxylic acids is 1. The van der Waals surface area contributed by atoms with E-state index in [2.05, 4.69) is 47.6 Å². The van der Waals surface area contributed by atoms with E-state index in [0.29, 0.717) is 5.92 Å². The number of amides is 1. The molecule has 142 valence electrons. The van der Waals surface area contributed by atoms with Gasteiger partial charge in [0, 0.05) is 17.3 Å². The summed E-state index contributed by atoms with van der Waals surface area (Å²) in [6, 6.07) is 20.4. The molecule has 2 aliphatic carbocycles. The molecule has 3 aromatic rings. The monoisotopic (exact) mass is 370 g/mol. The van der Waals surface area contributed by atoms with Crippen molar-refractivity contribution in [2.45, 2.75) is 44.9 Å². The predicted octanol–water partition coefficient (Wildman–Crippen LogP) is 5.93. The molecule has 3 nitrogen and oxygen atoms in total. The number of nitrogens with zero attached hydrogens (tertiary/aromatic N) is 1. The van der Waals surface area contributed by atoms with Gasteiger partial charge in [-0.25, -0.2) is 0 Å². The van der Waals surface area contributed by atoms with Gasteiger partial charge in [-0.3, -0.25) is 9.78 Å². The molecule has 0 radical (unpaired) electrons. The van der Waals surface area contributed by atoms with Crippen molar-refractivity contribution in [2.24, 2.45) is 10.8 Å². The number of aromatic nitrogens is 1. The number of anilines is 1. The Kier molecular flexibility index (Phi) is 4.01. The van der Waals surface area contributed by atoms with Crippen molar-refractivity contribution >= 4 is 22.5 Å². The average Bonchev–Trinajstić information content (AvgIpc) is 3.33. The zero-order valence-electron chi connectivity index (χ0n) is 16.3. The molecule has 1 spiro atoms. The van der Waals surface area contributed by atoms with E-state index in [0.717, 1.165) is 43.3 Å². The van der Waals surface area contributed by atoms with Crippen LogP contribution >= 0.6 is 0 Å². The fourth-order valence-electron chi connectivity index (χ4n) is 5.43. The number of pyridine rings is 1. The first-order valence-corrected chi connectivity index (χ1v) is 10.3. The topological polar surface area (TPSA) is 42.0 Å². The fourth-order valence-corrected chi connectivity index (χ4v) is 5.43. The van der Waals surface area contributed by atoms with E-state index in [1.54, 1.807) is 0 Å². The first-order chi connectivity index (χ1) is 13.6. The number of hydrogen-bond acceptors (Lipinski definition) is 2. The molecule has 2 aliphatic rings. The second-order valence-corrected chi connectivity index (χ2v) is 8.80. The highest BCUT2D eigenvalue weighted by Gasteiger charge is 2.68. The number of carbonyl (C=O) groups is 1. The molecule has 2 saturated carbocycles. The number of benzene rings is 2. The molecule has 1 N–H and O–H groups in total. The molecule has 2 aromatic carbocycles. The van der Waals surface area contributed by atoms with Crippen LogP contribution in [0.15, 0.2) is 66.9 Å². The molecule has 28 heavy (non-hydrogen) atoms. The molecule has 3 heteroatoms. The minimum atomic E-state index is -0.228. The van der Waals surface area contributed by atoms with Crippen LogP contribution in [0.1, 0.15) is 50.5 Å². The van der Waals surface area contributed by atoms with Gasteiger partial charge in [-0.1, -0.05) is 43.3 Å². The molecule has 5 rings (SSSR count). The van der Waals surface area contributed by atoms with Crippen LogP contribution in [0.3, 0.4) is 0 Å². The Morgan fingerprint density at radius 3 is 2.50 bits per heavy atom. The highest BCUT2D eigenvalue weighted by atomic mass is 16.2. The lowest BCUT2D eigenvalue weighted by Gasteiger charge is -2.32. The smallest absolute Gasteiger partial charge is 0.230 e. The maximum atomic E-state index is 13.0. The van der Waals surface area contributed by atoms with Gasteiger partial charge in [-0.2, -0.15) is 0 Å². The second-order valence-electron chi connectivity index (χ2n) is 8.80. The van der Waals surface area contributed by atoms with Crippen LogP contribution in [-0.2, 0) is 4.79 Å². The summed E-state index contributed by atoms with van der Waals surface area (Å²) in [6.07, 6.45) is 7.53. The fraction of sp³-hybridized carbons (Fsp3) is 0.360. The van der Waals surface area contributed by atoms with E-state index in [9.17, 15) is 4.79 Å². The van der Waals surface area contributed by atoms with Crippen molar-refractivity contribution in [3.05, 3.63) is 72.4 Å². The third-order valence-corrected chi connectivity index (χ3v) is 7.34. The maximum Gasteiger partial charge on any atom is 0.230 e. The molecule has 0 unspecified atom stereocenters. The van der Waals surface area contributed by atoms with Crippen LogP contribution in [0, 0.1) is 10.8 Å². The normalized spacial score (nSPS) is 29.0. The lowest BCUT2D eigenvalue weighted by Crippen LogP contribution is -2.29. The summed E-state index contributed by atoms with van der Waals surface area (Å²) >= 11 is 0. The Labute approximate surface area is 166 Å². The molecule has 2 fully saturated rings. The zero-order valence-corrected chi connectivity index (χ0v) is 16.3. The van der Waals surface area contributed by atoms with Crippen LogP contribution < -0.4 is 5.32 Å². The third-order valence-electron chi connectivity index (χ3n) is 7.34. The Morgan fingerprint density at radius 1 is 1.00 bits per heavy atom. The second kappa shape index (κ2) is 6.44. The number of rotatable bonds is 3. The van der Waals surface area contributed by atoms with Crippen LogP contribution in [0.4, 0.5) is 5.69 Å². The average molecular weight is 370 g/mol. The molecule has 0 bridgehead atoms. The van der Waals surface area contributed by atoms with Gasteiger partial charge < -0.3 is 5.32 Å². The van der Waals surface area contributed by atoms with Crippen molar-refractivity contribution in [1.29, 1.82) is 0 Å². The van der Waals surface area contributed by atoms with Crippen LogP contribution in [0.25, 0.3) is 10.9 Å². The first kappa shape index (κ1) is 17.4. The number of fused-ring (bicyclic) bond motifs is 1. The Bertz CT molecular complexity index is 1020. The standard InChI is InChI=1S/C25H26N2O/c1-24(23(28)27-19-7-3-2-4-8-19)17-25(24)14-11-18(12-15-25)20-13-16-26-22-10-6-5-9-21(20)22/h2-10,13,16,18H,11-12,14-15,17H2,1H3,(H,27,28)/t18?,24-,25?/m1/s1. The molecular formula is C25H26N2O. The summed E-state index contributed by atoms with van der Waals surface area (Å²) < 4.78 is 0. The summed E-state index contributed by atoms with van der Waals surface area (Å²) in [5, 5.41) is 4.42. The van der Waals surface area contributed by atoms with E-state index in [-0.39, 0.29) is 16.7 Å². The quantitative estimate of drug-likeness (QED) is 0.621. The van der Waals surface area contributed by atoms with Gasteiger partial charge in [0.2, 0.25) is 5.91 Å². The largest absolute Gasteiger partial charge is 0.326 e. The van der Waals surface area contributed by atoms with Crippen LogP contribution in [-0.4, -0.2) is 10.9 Å². The summed E-state index contributed by atoms with van der Waals surface area (Å²) in [7, 11) is 0. The van der Waals surface area contributed by atoms with E-state index in [4.69, 9.17) is 0 Å². The molecule has 0 aliphatic heterocycles. The number of para-hydroxylation sites is 2. The summed E-state index contributed by atoms with van der Waals surface area (Å²) in [5.74, 6) is 0.757. The van der Waals surface area contributed by atoms with Crippen molar-refractivity contribution in [2.75, 3.05) is 5.32 Å². The lowest BCUT2D eigenvalue weighted by atomic mass is 9.73. The molecule has 1 heterocycles. The Hall–Kier alpha value is -2.68. The van der Waals surface area contributed by atoms with Crippen molar-refractivity contribution in [3.8, 4) is 0 Å². The zero-order chi connectivity index (χ0) is 19.2. The first-order valence-electron chi connectivity index (χ1n) is 10.3. The summed E-state index contributed by atoms with van der Waals surface area (Å²) in [5.41, 5.74) is 3.36. The minimum absolute atomic E-state index is 0.186. The predicted molar refractivity (Wildman–Crippen MR) is 113 cm³/mol. The minimum Gasteiger partial charge on any atom is -0.326 e. The van der Waals surface area contributed by atoms with Gasteiger partial charge in [-0.05, 0) is 73.3 Å². The van der Waals surface area contributed by atoms with E-state index in [1.807, 2.05) is 36.5 Å².